The van der Waals surface area contributed by atoms with Crippen LogP contribution >= 0.6 is 15.9 Å². The van der Waals surface area contributed by atoms with E-state index >= 15 is 0 Å². The van der Waals surface area contributed by atoms with Gasteiger partial charge < -0.3 is 10.1 Å². The summed E-state index contributed by atoms with van der Waals surface area (Å²) in [5, 5.41) is 3.25. The number of nitrogens with one attached hydrogen (secondary N) is 1. The van der Waals surface area contributed by atoms with Crippen LogP contribution in [0, 0.1) is 0 Å². The van der Waals surface area contributed by atoms with Crippen LogP contribution < -0.4 is 10.1 Å². The van der Waals surface area contributed by atoms with E-state index in [0.29, 0.717) is 18.5 Å². The zero-order valence-electron chi connectivity index (χ0n) is 8.33. The van der Waals surface area contributed by atoms with Crippen LogP contribution in [0.1, 0.15) is 13.8 Å². The molecule has 78 valence electrons. The molecule has 0 bridgehead atoms. The van der Waals surface area contributed by atoms with Crippen molar-refractivity contribution in [1.82, 2.24) is 15.3 Å². The van der Waals surface area contributed by atoms with Gasteiger partial charge in [0.15, 0.2) is 0 Å². The predicted molar refractivity (Wildman–Crippen MR) is 58.4 cm³/mol. The van der Waals surface area contributed by atoms with Gasteiger partial charge in [0, 0.05) is 18.8 Å². The molecular weight excluding hydrogens is 246 g/mol. The van der Waals surface area contributed by atoms with Gasteiger partial charge in [-0.05, 0) is 15.9 Å². The Morgan fingerprint density at radius 2 is 2.36 bits per heavy atom. The standard InChI is InChI=1S/C9H14BrN3O/c1-7(2)12-3-4-14-9-8(10)5-11-6-13-9/h5-7,12H,3-4H2,1-2H3. The first-order valence-corrected chi connectivity index (χ1v) is 5.31. The molecule has 0 spiro atoms. The number of hydrogen-bond donors (Lipinski definition) is 1. The number of hydrogen-bond acceptors (Lipinski definition) is 4. The van der Waals surface area contributed by atoms with Gasteiger partial charge in [-0.1, -0.05) is 13.8 Å². The van der Waals surface area contributed by atoms with E-state index in [1.807, 2.05) is 0 Å². The van der Waals surface area contributed by atoms with Gasteiger partial charge in [0.1, 0.15) is 12.9 Å². The lowest BCUT2D eigenvalue weighted by Crippen LogP contribution is -2.27. The van der Waals surface area contributed by atoms with Crippen LogP contribution in [0.25, 0.3) is 0 Å². The minimum atomic E-state index is 0.479. The third kappa shape index (κ3) is 4.02. The van der Waals surface area contributed by atoms with Crippen LogP contribution in [0.15, 0.2) is 17.0 Å². The predicted octanol–water partition coefficient (Wildman–Crippen LogP) is 1.62. The molecule has 0 aliphatic rings. The molecule has 0 fully saturated rings. The van der Waals surface area contributed by atoms with E-state index in [0.717, 1.165) is 11.0 Å². The summed E-state index contributed by atoms with van der Waals surface area (Å²) in [4.78, 5) is 7.83. The highest BCUT2D eigenvalue weighted by Gasteiger charge is 2.01. The van der Waals surface area contributed by atoms with Crippen molar-refractivity contribution < 1.29 is 4.74 Å². The molecule has 0 saturated carbocycles. The fourth-order valence-electron chi connectivity index (χ4n) is 0.903. The van der Waals surface area contributed by atoms with Gasteiger partial charge in [-0.15, -0.1) is 0 Å². The molecule has 1 rings (SSSR count). The second-order valence-electron chi connectivity index (χ2n) is 3.13. The Labute approximate surface area is 92.2 Å². The van der Waals surface area contributed by atoms with E-state index in [1.54, 1.807) is 6.20 Å². The fraction of sp³-hybridized carbons (Fsp3) is 0.556. The third-order valence-corrected chi connectivity index (χ3v) is 2.07. The van der Waals surface area contributed by atoms with E-state index in [4.69, 9.17) is 4.74 Å². The topological polar surface area (TPSA) is 47.0 Å². The first-order valence-electron chi connectivity index (χ1n) is 4.52. The fourth-order valence-corrected chi connectivity index (χ4v) is 1.24. The maximum atomic E-state index is 5.43. The summed E-state index contributed by atoms with van der Waals surface area (Å²) < 4.78 is 6.21. The number of ether oxygens (including phenoxy) is 1. The van der Waals surface area contributed by atoms with Crippen molar-refractivity contribution in [1.29, 1.82) is 0 Å². The molecule has 4 nitrogen and oxygen atoms in total. The van der Waals surface area contributed by atoms with Crippen molar-refractivity contribution in [3.8, 4) is 5.88 Å². The Balaban J connectivity index is 2.28. The molecular formula is C9H14BrN3O. The molecule has 0 aliphatic heterocycles. The molecule has 0 saturated heterocycles. The normalized spacial score (nSPS) is 10.6. The van der Waals surface area contributed by atoms with E-state index < -0.39 is 0 Å². The van der Waals surface area contributed by atoms with Crippen molar-refractivity contribution in [3.05, 3.63) is 17.0 Å². The van der Waals surface area contributed by atoms with Crippen molar-refractivity contribution in [2.45, 2.75) is 19.9 Å². The zero-order chi connectivity index (χ0) is 10.4. The molecule has 14 heavy (non-hydrogen) atoms. The van der Waals surface area contributed by atoms with Crippen LogP contribution in [-0.2, 0) is 0 Å². The van der Waals surface area contributed by atoms with Gasteiger partial charge in [0.05, 0.1) is 4.47 Å². The first kappa shape index (κ1) is 11.4. The van der Waals surface area contributed by atoms with Crippen LogP contribution in [0.2, 0.25) is 0 Å². The second kappa shape index (κ2) is 5.93. The van der Waals surface area contributed by atoms with Crippen LogP contribution in [0.5, 0.6) is 5.88 Å². The SMILES string of the molecule is CC(C)NCCOc1ncncc1Br. The minimum Gasteiger partial charge on any atom is -0.475 e. The molecule has 0 aromatic carbocycles. The summed E-state index contributed by atoms with van der Waals surface area (Å²) in [6.45, 7) is 5.61. The average Bonchev–Trinajstić information content (AvgIpc) is 2.15. The Hall–Kier alpha value is -0.680. The Morgan fingerprint density at radius 1 is 1.57 bits per heavy atom. The number of rotatable bonds is 5. The third-order valence-electron chi connectivity index (χ3n) is 1.53. The molecule has 5 heteroatoms. The van der Waals surface area contributed by atoms with E-state index in [-0.39, 0.29) is 0 Å². The number of nitrogens with zero attached hydrogens (tertiary/aromatic N) is 2. The van der Waals surface area contributed by atoms with E-state index in [9.17, 15) is 0 Å². The van der Waals surface area contributed by atoms with Gasteiger partial charge in [-0.3, -0.25) is 0 Å². The highest BCUT2D eigenvalue weighted by Crippen LogP contribution is 2.18. The number of halogens is 1. The molecule has 0 aliphatic carbocycles. The van der Waals surface area contributed by atoms with Gasteiger partial charge in [-0.2, -0.15) is 0 Å². The van der Waals surface area contributed by atoms with Crippen molar-refractivity contribution in [3.63, 3.8) is 0 Å². The molecule has 1 aromatic heterocycles. The van der Waals surface area contributed by atoms with Gasteiger partial charge >= 0.3 is 0 Å². The molecule has 1 aromatic rings. The van der Waals surface area contributed by atoms with Gasteiger partial charge in [0.2, 0.25) is 5.88 Å². The number of aromatic nitrogens is 2. The molecule has 0 unspecified atom stereocenters. The van der Waals surface area contributed by atoms with Gasteiger partial charge in [-0.25, -0.2) is 9.97 Å². The van der Waals surface area contributed by atoms with Crippen LogP contribution in [0.3, 0.4) is 0 Å². The Morgan fingerprint density at radius 3 is 3.00 bits per heavy atom. The monoisotopic (exact) mass is 259 g/mol. The Bertz CT molecular complexity index is 281. The first-order chi connectivity index (χ1) is 6.70. The smallest absolute Gasteiger partial charge is 0.231 e. The van der Waals surface area contributed by atoms with Crippen molar-refractivity contribution in [2.75, 3.05) is 13.2 Å². The van der Waals surface area contributed by atoms with Crippen LogP contribution in [-0.4, -0.2) is 29.2 Å². The lowest BCUT2D eigenvalue weighted by Gasteiger charge is -2.09. The summed E-state index contributed by atoms with van der Waals surface area (Å²) in [5.41, 5.74) is 0. The molecule has 1 N–H and O–H groups in total. The quantitative estimate of drug-likeness (QED) is 0.817. The largest absolute Gasteiger partial charge is 0.475 e. The van der Waals surface area contributed by atoms with Crippen molar-refractivity contribution in [2.24, 2.45) is 0 Å². The van der Waals surface area contributed by atoms with E-state index in [2.05, 4.69) is 45.1 Å². The highest BCUT2D eigenvalue weighted by atomic mass is 79.9. The zero-order valence-corrected chi connectivity index (χ0v) is 9.91. The summed E-state index contributed by atoms with van der Waals surface area (Å²) in [6, 6.07) is 0.479. The lowest BCUT2D eigenvalue weighted by molar-refractivity contribution is 0.295. The summed E-state index contributed by atoms with van der Waals surface area (Å²) >= 11 is 3.31. The average molecular weight is 260 g/mol. The minimum absolute atomic E-state index is 0.479. The van der Waals surface area contributed by atoms with E-state index in [1.165, 1.54) is 6.33 Å². The lowest BCUT2D eigenvalue weighted by atomic mass is 10.4. The summed E-state index contributed by atoms with van der Waals surface area (Å²) in [5.74, 6) is 0.588. The van der Waals surface area contributed by atoms with Crippen LogP contribution in [0.4, 0.5) is 0 Å². The maximum Gasteiger partial charge on any atom is 0.231 e. The van der Waals surface area contributed by atoms with Gasteiger partial charge in [0.25, 0.3) is 0 Å². The summed E-state index contributed by atoms with van der Waals surface area (Å²) in [6.07, 6.45) is 3.13. The maximum absolute atomic E-state index is 5.43. The molecule has 1 heterocycles. The Kier molecular flexibility index (Phi) is 4.82. The van der Waals surface area contributed by atoms with Crippen molar-refractivity contribution >= 4 is 15.9 Å². The molecule has 0 atom stereocenters. The highest BCUT2D eigenvalue weighted by molar-refractivity contribution is 9.10. The summed E-state index contributed by atoms with van der Waals surface area (Å²) in [7, 11) is 0. The second-order valence-corrected chi connectivity index (χ2v) is 3.99. The molecule has 0 radical (unpaired) electrons. The molecule has 0 amide bonds.